The Kier molecular flexibility index (Phi) is 5.70. The Morgan fingerprint density at radius 3 is 2.38 bits per heavy atom. The van der Waals surface area contributed by atoms with Crippen molar-refractivity contribution in [3.8, 4) is 0 Å². The van der Waals surface area contributed by atoms with Gasteiger partial charge in [0.15, 0.2) is 0 Å². The van der Waals surface area contributed by atoms with Crippen LogP contribution < -0.4 is 0 Å². The first-order chi connectivity index (χ1) is 12.3. The number of nitrogens with zero attached hydrogens (tertiary/aromatic N) is 2. The Morgan fingerprint density at radius 1 is 1.12 bits per heavy atom. The molecule has 0 aromatic heterocycles. The molecule has 26 heavy (non-hydrogen) atoms. The quantitative estimate of drug-likeness (QED) is 0.746. The molecule has 0 bridgehead atoms. The lowest BCUT2D eigenvalue weighted by Crippen LogP contribution is -2.42. The first-order valence-corrected chi connectivity index (χ1v) is 9.23. The topological polar surface area (TPSA) is 23.6 Å². The van der Waals surface area contributed by atoms with Crippen molar-refractivity contribution >= 4 is 11.5 Å². The van der Waals surface area contributed by atoms with Gasteiger partial charge < -0.3 is 9.80 Å². The van der Waals surface area contributed by atoms with Crippen molar-refractivity contribution in [1.29, 1.82) is 0 Å². The second-order valence-electron chi connectivity index (χ2n) is 7.24. The van der Waals surface area contributed by atoms with E-state index in [9.17, 15) is 18.0 Å². The summed E-state index contributed by atoms with van der Waals surface area (Å²) < 4.78 is 38.0. The molecule has 3 rings (SSSR count). The highest BCUT2D eigenvalue weighted by Gasteiger charge is 2.31. The summed E-state index contributed by atoms with van der Waals surface area (Å²) >= 11 is 0. The van der Waals surface area contributed by atoms with E-state index in [2.05, 4.69) is 4.90 Å². The Bertz CT molecular complexity index is 661. The largest absolute Gasteiger partial charge is 0.416 e. The van der Waals surface area contributed by atoms with Crippen molar-refractivity contribution in [2.24, 2.45) is 0 Å². The number of amides is 1. The number of hydrogen-bond donors (Lipinski definition) is 0. The maximum atomic E-state index is 12.7. The fourth-order valence-electron chi connectivity index (χ4n) is 3.85. The van der Waals surface area contributed by atoms with E-state index in [1.165, 1.54) is 25.0 Å². The third kappa shape index (κ3) is 4.47. The number of carbonyl (C=O) groups excluding carboxylic acids is 1. The monoisotopic (exact) mass is 366 g/mol. The van der Waals surface area contributed by atoms with Gasteiger partial charge in [-0.05, 0) is 69.0 Å². The summed E-state index contributed by atoms with van der Waals surface area (Å²) in [5.74, 6) is -0.0379. The summed E-state index contributed by atoms with van der Waals surface area (Å²) in [5.41, 5.74) is 0.655. The zero-order valence-corrected chi connectivity index (χ0v) is 15.1. The maximum Gasteiger partial charge on any atom is 0.416 e. The molecular weight excluding hydrogens is 341 g/mol. The molecule has 2 saturated heterocycles. The van der Waals surface area contributed by atoms with Crippen LogP contribution in [0.3, 0.4) is 0 Å². The average Bonchev–Trinajstić information content (AvgIpc) is 3.26. The molecule has 0 aliphatic carbocycles. The Balaban J connectivity index is 1.66. The van der Waals surface area contributed by atoms with Crippen LogP contribution >= 0.6 is 0 Å². The molecule has 6 heteroatoms. The summed E-state index contributed by atoms with van der Waals surface area (Å²) in [6, 6.07) is 5.21. The van der Waals surface area contributed by atoms with E-state index in [4.69, 9.17) is 0 Å². The molecule has 0 radical (unpaired) electrons. The summed E-state index contributed by atoms with van der Waals surface area (Å²) in [6.07, 6.45) is 1.71. The Labute approximate surface area is 152 Å². The van der Waals surface area contributed by atoms with Gasteiger partial charge in [-0.25, -0.2) is 0 Å². The van der Waals surface area contributed by atoms with Gasteiger partial charge in [0.05, 0.1) is 5.56 Å². The van der Waals surface area contributed by atoms with Gasteiger partial charge in [-0.1, -0.05) is 12.1 Å². The molecule has 3 nitrogen and oxygen atoms in total. The summed E-state index contributed by atoms with van der Waals surface area (Å²) in [4.78, 5) is 17.0. The van der Waals surface area contributed by atoms with E-state index in [-0.39, 0.29) is 11.9 Å². The fraction of sp³-hybridized carbons (Fsp3) is 0.550. The van der Waals surface area contributed by atoms with Crippen molar-refractivity contribution in [3.05, 3.63) is 41.5 Å². The normalized spacial score (nSPS) is 22.2. The maximum absolute atomic E-state index is 12.7. The van der Waals surface area contributed by atoms with Gasteiger partial charge in [-0.3, -0.25) is 4.79 Å². The molecule has 2 heterocycles. The van der Waals surface area contributed by atoms with Gasteiger partial charge in [-0.15, -0.1) is 0 Å². The number of carbonyl (C=O) groups is 1. The van der Waals surface area contributed by atoms with Crippen LogP contribution in [0.1, 0.15) is 43.7 Å². The van der Waals surface area contributed by atoms with Crippen molar-refractivity contribution in [1.82, 2.24) is 9.80 Å². The third-order valence-corrected chi connectivity index (χ3v) is 5.34. The minimum absolute atomic E-state index is 0.0379. The van der Waals surface area contributed by atoms with Crippen molar-refractivity contribution in [2.75, 3.05) is 26.2 Å². The second kappa shape index (κ2) is 7.82. The van der Waals surface area contributed by atoms with Crippen LogP contribution in [0.2, 0.25) is 0 Å². The SMILES string of the molecule is C/C(=C\C(=O)N1CCC[C@H]1CN1CCCC1)c1ccc(C(F)(F)F)cc1. The highest BCUT2D eigenvalue weighted by atomic mass is 19.4. The van der Waals surface area contributed by atoms with E-state index in [0.29, 0.717) is 11.1 Å². The highest BCUT2D eigenvalue weighted by molar-refractivity contribution is 5.95. The van der Waals surface area contributed by atoms with Gasteiger partial charge in [0.25, 0.3) is 0 Å². The zero-order valence-electron chi connectivity index (χ0n) is 15.1. The van der Waals surface area contributed by atoms with Crippen LogP contribution in [0.5, 0.6) is 0 Å². The molecular formula is C20H25F3N2O. The van der Waals surface area contributed by atoms with Crippen molar-refractivity contribution in [3.63, 3.8) is 0 Å². The highest BCUT2D eigenvalue weighted by Crippen LogP contribution is 2.30. The van der Waals surface area contributed by atoms with E-state index < -0.39 is 11.7 Å². The lowest BCUT2D eigenvalue weighted by Gasteiger charge is -2.28. The minimum atomic E-state index is -4.34. The predicted molar refractivity (Wildman–Crippen MR) is 95.5 cm³/mol. The lowest BCUT2D eigenvalue weighted by molar-refractivity contribution is -0.137. The molecule has 0 unspecified atom stereocenters. The van der Waals surface area contributed by atoms with Crippen LogP contribution in [0, 0.1) is 0 Å². The lowest BCUT2D eigenvalue weighted by atomic mass is 10.0. The first-order valence-electron chi connectivity index (χ1n) is 9.23. The molecule has 2 aliphatic rings. The van der Waals surface area contributed by atoms with E-state index in [1.54, 1.807) is 13.0 Å². The summed E-state index contributed by atoms with van der Waals surface area (Å²) in [6.45, 7) is 5.68. The third-order valence-electron chi connectivity index (χ3n) is 5.34. The summed E-state index contributed by atoms with van der Waals surface area (Å²) in [7, 11) is 0. The first kappa shape index (κ1) is 19.0. The number of alkyl halides is 3. The standard InChI is InChI=1S/C20H25F3N2O/c1-15(16-6-8-17(9-7-16)20(21,22)23)13-19(26)25-12-4-5-18(25)14-24-10-2-3-11-24/h6-9,13,18H,2-5,10-12,14H2,1H3/b15-13+/t18-/m0/s1. The average molecular weight is 366 g/mol. The van der Waals surface area contributed by atoms with Gasteiger partial charge in [-0.2, -0.15) is 13.2 Å². The molecule has 1 atom stereocenters. The minimum Gasteiger partial charge on any atom is -0.335 e. The number of likely N-dealkylation sites (tertiary alicyclic amines) is 2. The fourth-order valence-corrected chi connectivity index (χ4v) is 3.85. The molecule has 0 saturated carbocycles. The molecule has 2 aliphatic heterocycles. The Morgan fingerprint density at radius 2 is 1.77 bits per heavy atom. The molecule has 1 amide bonds. The molecule has 1 aromatic carbocycles. The van der Waals surface area contributed by atoms with Crippen LogP contribution in [0.4, 0.5) is 13.2 Å². The van der Waals surface area contributed by atoms with Crippen molar-refractivity contribution < 1.29 is 18.0 Å². The van der Waals surface area contributed by atoms with Crippen LogP contribution in [0.25, 0.3) is 5.57 Å². The van der Waals surface area contributed by atoms with Crippen molar-refractivity contribution in [2.45, 2.75) is 44.8 Å². The van der Waals surface area contributed by atoms with Gasteiger partial charge in [0.1, 0.15) is 0 Å². The van der Waals surface area contributed by atoms with Crippen LogP contribution in [0.15, 0.2) is 30.3 Å². The second-order valence-corrected chi connectivity index (χ2v) is 7.24. The number of halogens is 3. The number of rotatable bonds is 4. The van der Waals surface area contributed by atoms with Crippen LogP contribution in [-0.4, -0.2) is 47.9 Å². The number of allylic oxidation sites excluding steroid dienone is 1. The van der Waals surface area contributed by atoms with Crippen LogP contribution in [-0.2, 0) is 11.0 Å². The van der Waals surface area contributed by atoms with Gasteiger partial charge in [0.2, 0.25) is 5.91 Å². The molecule has 0 N–H and O–H groups in total. The van der Waals surface area contributed by atoms with Gasteiger partial charge >= 0.3 is 6.18 Å². The number of benzene rings is 1. The summed E-state index contributed by atoms with van der Waals surface area (Å²) in [5, 5.41) is 0. The zero-order chi connectivity index (χ0) is 18.7. The molecule has 1 aromatic rings. The molecule has 142 valence electrons. The van der Waals surface area contributed by atoms with E-state index in [0.717, 1.165) is 51.2 Å². The number of hydrogen-bond acceptors (Lipinski definition) is 2. The predicted octanol–water partition coefficient (Wildman–Crippen LogP) is 4.20. The van der Waals surface area contributed by atoms with Gasteiger partial charge in [0, 0.05) is 25.2 Å². The smallest absolute Gasteiger partial charge is 0.335 e. The Hall–Kier alpha value is -1.82. The van der Waals surface area contributed by atoms with E-state index in [1.807, 2.05) is 4.90 Å². The van der Waals surface area contributed by atoms with E-state index >= 15 is 0 Å². The molecule has 2 fully saturated rings. The molecule has 0 spiro atoms.